The zero-order valence-corrected chi connectivity index (χ0v) is 15.1. The van der Waals surface area contributed by atoms with Crippen molar-refractivity contribution in [2.75, 3.05) is 13.1 Å². The molecule has 134 valence electrons. The lowest BCUT2D eigenvalue weighted by Gasteiger charge is -2.30. The molecule has 2 atom stereocenters. The van der Waals surface area contributed by atoms with E-state index in [1.54, 1.807) is 4.90 Å². The van der Waals surface area contributed by atoms with E-state index in [1.807, 2.05) is 0 Å². The van der Waals surface area contributed by atoms with Gasteiger partial charge in [-0.3, -0.25) is 9.59 Å². The van der Waals surface area contributed by atoms with Crippen LogP contribution in [0.1, 0.15) is 64.2 Å². The number of β-amino-alcohol motifs (C(OH)–C–C–N with tert-alkyl or cyclic N) is 1. The van der Waals surface area contributed by atoms with Crippen LogP contribution >= 0.6 is 11.8 Å². The Bertz CT molecular complexity index is 500. The average molecular weight is 353 g/mol. The molecule has 24 heavy (non-hydrogen) atoms. The van der Waals surface area contributed by atoms with Crippen LogP contribution in [0.3, 0.4) is 0 Å². The van der Waals surface area contributed by atoms with Crippen LogP contribution in [-0.2, 0) is 9.59 Å². The fourth-order valence-corrected chi connectivity index (χ4v) is 5.13. The van der Waals surface area contributed by atoms with Crippen LogP contribution in [0.15, 0.2) is 4.99 Å². The third-order valence-corrected chi connectivity index (χ3v) is 6.52. The molecule has 0 radical (unpaired) electrons. The Hall–Kier alpha value is -0.880. The van der Waals surface area contributed by atoms with Gasteiger partial charge in [0.15, 0.2) is 0 Å². The first-order valence-corrected chi connectivity index (χ1v) is 10.2. The van der Waals surface area contributed by atoms with Gasteiger partial charge in [0, 0.05) is 19.5 Å². The predicted octanol–water partition coefficient (Wildman–Crippen LogP) is 2.76. The van der Waals surface area contributed by atoms with Gasteiger partial charge in [-0.15, -0.1) is 0 Å². The molecular formula is C18H28N2O3S. The molecule has 2 fully saturated rings. The number of likely N-dealkylation sites (tertiary alicyclic amines) is 1. The molecule has 5 nitrogen and oxygen atoms in total. The van der Waals surface area contributed by atoms with Crippen LogP contribution in [0.4, 0.5) is 0 Å². The highest BCUT2D eigenvalue weighted by Gasteiger charge is 2.33. The van der Waals surface area contributed by atoms with Crippen LogP contribution in [0.25, 0.3) is 0 Å². The second kappa shape index (κ2) is 8.48. The smallest absolute Gasteiger partial charge is 0.260 e. The molecule has 1 aliphatic carbocycles. The summed E-state index contributed by atoms with van der Waals surface area (Å²) in [6, 6.07) is 0. The molecule has 2 amide bonds. The molecular weight excluding hydrogens is 324 g/mol. The lowest BCUT2D eigenvalue weighted by molar-refractivity contribution is -0.135. The third-order valence-electron chi connectivity index (χ3n) is 5.34. The normalized spacial score (nSPS) is 29.5. The van der Waals surface area contributed by atoms with Crippen molar-refractivity contribution in [2.24, 2.45) is 10.9 Å². The fraction of sp³-hybridized carbons (Fsp3) is 0.833. The Balaban J connectivity index is 1.48. The molecule has 3 aliphatic rings. The van der Waals surface area contributed by atoms with Crippen molar-refractivity contribution in [1.29, 1.82) is 0 Å². The Kier molecular flexibility index (Phi) is 6.33. The van der Waals surface area contributed by atoms with Crippen molar-refractivity contribution in [3.8, 4) is 0 Å². The molecule has 0 aromatic rings. The second-order valence-corrected chi connectivity index (χ2v) is 8.63. The standard InChI is InChI=1S/C18H28N2O3S/c21-14-8-5-9-20(12-14)17(22)11-15-18(23)19-16(24-15)10-13-6-3-1-2-4-7-13/h13-15,21H,1-12H2. The van der Waals surface area contributed by atoms with Gasteiger partial charge in [-0.05, 0) is 25.2 Å². The maximum absolute atomic E-state index is 12.4. The van der Waals surface area contributed by atoms with E-state index in [0.717, 1.165) is 24.3 Å². The molecule has 0 spiro atoms. The van der Waals surface area contributed by atoms with Crippen LogP contribution in [0.5, 0.6) is 0 Å². The number of hydrogen-bond donors (Lipinski definition) is 1. The molecule has 2 heterocycles. The summed E-state index contributed by atoms with van der Waals surface area (Å²) < 4.78 is 0. The van der Waals surface area contributed by atoms with E-state index in [1.165, 1.54) is 50.3 Å². The first-order valence-electron chi connectivity index (χ1n) is 9.35. The summed E-state index contributed by atoms with van der Waals surface area (Å²) in [4.78, 5) is 30.5. The number of carbonyl (C=O) groups is 2. The number of aliphatic hydroxyl groups excluding tert-OH is 1. The van der Waals surface area contributed by atoms with Gasteiger partial charge in [0.2, 0.25) is 5.91 Å². The summed E-state index contributed by atoms with van der Waals surface area (Å²) in [5.41, 5.74) is 0. The Morgan fingerprint density at radius 3 is 2.62 bits per heavy atom. The monoisotopic (exact) mass is 352 g/mol. The first-order chi connectivity index (χ1) is 11.6. The molecule has 1 N–H and O–H groups in total. The molecule has 2 aliphatic heterocycles. The number of aliphatic imine (C=N–C) groups is 1. The maximum atomic E-state index is 12.4. The van der Waals surface area contributed by atoms with Gasteiger partial charge in [-0.2, -0.15) is 0 Å². The molecule has 3 rings (SSSR count). The number of hydrogen-bond acceptors (Lipinski definition) is 4. The van der Waals surface area contributed by atoms with E-state index in [0.29, 0.717) is 19.0 Å². The van der Waals surface area contributed by atoms with Crippen molar-refractivity contribution >= 4 is 28.6 Å². The number of aliphatic hydroxyl groups is 1. The highest BCUT2D eigenvalue weighted by atomic mass is 32.2. The number of carbonyl (C=O) groups excluding carboxylic acids is 2. The van der Waals surface area contributed by atoms with E-state index in [-0.39, 0.29) is 23.5 Å². The largest absolute Gasteiger partial charge is 0.391 e. The topological polar surface area (TPSA) is 70.0 Å². The summed E-state index contributed by atoms with van der Waals surface area (Å²) in [6.07, 6.45) is 10.0. The molecule has 0 aromatic heterocycles. The van der Waals surface area contributed by atoms with Gasteiger partial charge in [-0.25, -0.2) is 4.99 Å². The quantitative estimate of drug-likeness (QED) is 0.790. The van der Waals surface area contributed by atoms with E-state index in [9.17, 15) is 14.7 Å². The Morgan fingerprint density at radius 1 is 1.17 bits per heavy atom. The summed E-state index contributed by atoms with van der Waals surface area (Å²) in [5.74, 6) is 0.485. The molecule has 6 heteroatoms. The highest BCUT2D eigenvalue weighted by molar-refractivity contribution is 8.15. The van der Waals surface area contributed by atoms with E-state index in [4.69, 9.17) is 0 Å². The lowest BCUT2D eigenvalue weighted by Crippen LogP contribution is -2.43. The Morgan fingerprint density at radius 2 is 1.92 bits per heavy atom. The van der Waals surface area contributed by atoms with Crippen LogP contribution in [-0.4, -0.2) is 51.3 Å². The van der Waals surface area contributed by atoms with Crippen molar-refractivity contribution in [3.63, 3.8) is 0 Å². The molecule has 1 saturated heterocycles. The van der Waals surface area contributed by atoms with Gasteiger partial charge in [0.1, 0.15) is 5.25 Å². The number of nitrogens with zero attached hydrogens (tertiary/aromatic N) is 2. The third kappa shape index (κ3) is 4.82. The van der Waals surface area contributed by atoms with Crippen molar-refractivity contribution in [3.05, 3.63) is 0 Å². The summed E-state index contributed by atoms with van der Waals surface area (Å²) in [5, 5.41) is 10.3. The second-order valence-electron chi connectivity index (χ2n) is 7.35. The SMILES string of the molecule is O=C1N=C(CC2CCCCCC2)SC1CC(=O)N1CCCC(O)C1. The number of piperidine rings is 1. The fourth-order valence-electron chi connectivity index (χ4n) is 3.94. The van der Waals surface area contributed by atoms with E-state index >= 15 is 0 Å². The van der Waals surface area contributed by atoms with E-state index in [2.05, 4.69) is 4.99 Å². The van der Waals surface area contributed by atoms with Crippen molar-refractivity contribution in [2.45, 2.75) is 75.6 Å². The molecule has 1 saturated carbocycles. The minimum absolute atomic E-state index is 0.0227. The number of thioether (sulfide) groups is 1. The highest BCUT2D eigenvalue weighted by Crippen LogP contribution is 2.33. The van der Waals surface area contributed by atoms with Gasteiger partial charge >= 0.3 is 0 Å². The predicted molar refractivity (Wildman–Crippen MR) is 96.1 cm³/mol. The van der Waals surface area contributed by atoms with E-state index < -0.39 is 6.10 Å². The molecule has 0 bridgehead atoms. The van der Waals surface area contributed by atoms with Gasteiger partial charge in [-0.1, -0.05) is 50.3 Å². The minimum Gasteiger partial charge on any atom is -0.391 e. The van der Waals surface area contributed by atoms with Gasteiger partial charge in [0.05, 0.1) is 11.1 Å². The Labute approximate surface area is 148 Å². The first kappa shape index (κ1) is 17.9. The molecule has 2 unspecified atom stereocenters. The zero-order valence-electron chi connectivity index (χ0n) is 14.3. The summed E-state index contributed by atoms with van der Waals surface area (Å²) >= 11 is 1.50. The van der Waals surface area contributed by atoms with Crippen LogP contribution < -0.4 is 0 Å². The van der Waals surface area contributed by atoms with Crippen molar-refractivity contribution < 1.29 is 14.7 Å². The average Bonchev–Trinajstić information content (AvgIpc) is 2.75. The minimum atomic E-state index is -0.420. The lowest BCUT2D eigenvalue weighted by atomic mass is 9.97. The number of amides is 2. The zero-order chi connectivity index (χ0) is 16.9. The van der Waals surface area contributed by atoms with Gasteiger partial charge < -0.3 is 10.0 Å². The summed E-state index contributed by atoms with van der Waals surface area (Å²) in [6.45, 7) is 1.09. The van der Waals surface area contributed by atoms with Crippen LogP contribution in [0, 0.1) is 5.92 Å². The van der Waals surface area contributed by atoms with Crippen molar-refractivity contribution in [1.82, 2.24) is 4.90 Å². The van der Waals surface area contributed by atoms with Gasteiger partial charge in [0.25, 0.3) is 5.91 Å². The maximum Gasteiger partial charge on any atom is 0.260 e. The summed E-state index contributed by atoms with van der Waals surface area (Å²) in [7, 11) is 0. The number of rotatable bonds is 4. The molecule has 0 aromatic carbocycles. The van der Waals surface area contributed by atoms with Crippen LogP contribution in [0.2, 0.25) is 0 Å².